The lowest BCUT2D eigenvalue weighted by Crippen LogP contribution is -2.19. The molecule has 0 atom stereocenters. The lowest BCUT2D eigenvalue weighted by molar-refractivity contribution is 0.0695. The average Bonchev–Trinajstić information content (AvgIpc) is 3.13. The SMILES string of the molecule is Cc1cc(F)cn2c(=O)cc(C(=O)O)c(C3CC3)c12.Cl. The molecule has 0 radical (unpaired) electrons. The molecule has 1 aliphatic rings. The van der Waals surface area contributed by atoms with Gasteiger partial charge < -0.3 is 5.11 Å². The van der Waals surface area contributed by atoms with E-state index in [2.05, 4.69) is 0 Å². The van der Waals surface area contributed by atoms with Crippen LogP contribution in [0.15, 0.2) is 23.1 Å². The van der Waals surface area contributed by atoms with Gasteiger partial charge in [-0.3, -0.25) is 9.20 Å². The molecule has 0 amide bonds. The van der Waals surface area contributed by atoms with Crippen molar-refractivity contribution >= 4 is 23.9 Å². The second-order valence-electron chi connectivity index (χ2n) is 4.95. The van der Waals surface area contributed by atoms with Crippen molar-refractivity contribution in [2.24, 2.45) is 0 Å². The maximum Gasteiger partial charge on any atom is 0.336 e. The minimum Gasteiger partial charge on any atom is -0.478 e. The van der Waals surface area contributed by atoms with E-state index in [1.807, 2.05) is 0 Å². The Bertz CT molecular complexity index is 765. The highest BCUT2D eigenvalue weighted by molar-refractivity contribution is 5.92. The van der Waals surface area contributed by atoms with Gasteiger partial charge in [-0.25, -0.2) is 9.18 Å². The fourth-order valence-corrected chi connectivity index (χ4v) is 2.57. The van der Waals surface area contributed by atoms with E-state index in [-0.39, 0.29) is 23.9 Å². The van der Waals surface area contributed by atoms with Gasteiger partial charge in [0.15, 0.2) is 0 Å². The van der Waals surface area contributed by atoms with E-state index in [0.29, 0.717) is 16.6 Å². The van der Waals surface area contributed by atoms with Crippen molar-refractivity contribution < 1.29 is 14.3 Å². The smallest absolute Gasteiger partial charge is 0.336 e. The highest BCUT2D eigenvalue weighted by atomic mass is 35.5. The molecule has 0 bridgehead atoms. The van der Waals surface area contributed by atoms with E-state index >= 15 is 0 Å². The fourth-order valence-electron chi connectivity index (χ4n) is 2.57. The van der Waals surface area contributed by atoms with Crippen LogP contribution in [0.5, 0.6) is 0 Å². The second kappa shape index (κ2) is 4.90. The van der Waals surface area contributed by atoms with Crippen molar-refractivity contribution in [2.45, 2.75) is 25.7 Å². The molecular formula is C14H13ClFNO3. The third-order valence-electron chi connectivity index (χ3n) is 3.49. The van der Waals surface area contributed by atoms with Crippen LogP contribution in [0.1, 0.15) is 40.2 Å². The first-order valence-electron chi connectivity index (χ1n) is 6.07. The van der Waals surface area contributed by atoms with Gasteiger partial charge in [0, 0.05) is 12.3 Å². The molecule has 0 saturated heterocycles. The number of hydrogen-bond acceptors (Lipinski definition) is 2. The molecule has 106 valence electrons. The summed E-state index contributed by atoms with van der Waals surface area (Å²) >= 11 is 0. The Morgan fingerprint density at radius 2 is 2.05 bits per heavy atom. The first kappa shape index (κ1) is 14.5. The number of pyridine rings is 2. The fraction of sp³-hybridized carbons (Fsp3) is 0.286. The van der Waals surface area contributed by atoms with Crippen molar-refractivity contribution in [2.75, 3.05) is 0 Å². The number of rotatable bonds is 2. The molecule has 0 aliphatic heterocycles. The molecule has 20 heavy (non-hydrogen) atoms. The van der Waals surface area contributed by atoms with Crippen LogP contribution in [-0.2, 0) is 0 Å². The number of fused-ring (bicyclic) bond motifs is 1. The standard InChI is InChI=1S/C14H12FNO3.ClH/c1-7-4-9(15)6-16-11(17)5-10(14(18)19)12(13(7)16)8-2-3-8;/h4-6,8H,2-3H2,1H3,(H,18,19);1H. The van der Waals surface area contributed by atoms with Gasteiger partial charge in [-0.05, 0) is 42.9 Å². The van der Waals surface area contributed by atoms with E-state index < -0.39 is 17.3 Å². The van der Waals surface area contributed by atoms with Crippen LogP contribution in [0, 0.1) is 12.7 Å². The molecule has 1 fully saturated rings. The van der Waals surface area contributed by atoms with Crippen molar-refractivity contribution in [3.05, 3.63) is 51.2 Å². The largest absolute Gasteiger partial charge is 0.478 e. The first-order chi connectivity index (χ1) is 8.99. The van der Waals surface area contributed by atoms with Gasteiger partial charge in [-0.15, -0.1) is 12.4 Å². The molecule has 1 saturated carbocycles. The molecule has 0 spiro atoms. The number of halogens is 2. The highest BCUT2D eigenvalue weighted by Gasteiger charge is 2.31. The van der Waals surface area contributed by atoms with Crippen molar-refractivity contribution in [3.8, 4) is 0 Å². The molecule has 6 heteroatoms. The summed E-state index contributed by atoms with van der Waals surface area (Å²) in [6, 6.07) is 2.41. The first-order valence-corrected chi connectivity index (χ1v) is 6.07. The van der Waals surface area contributed by atoms with E-state index in [1.165, 1.54) is 10.5 Å². The summed E-state index contributed by atoms with van der Waals surface area (Å²) in [5.74, 6) is -1.45. The zero-order chi connectivity index (χ0) is 13.7. The number of aryl methyl sites for hydroxylation is 1. The molecule has 2 aromatic heterocycles. The molecule has 0 unspecified atom stereocenters. The molecule has 0 aromatic carbocycles. The van der Waals surface area contributed by atoms with E-state index in [1.54, 1.807) is 6.92 Å². The molecule has 2 aromatic rings. The van der Waals surface area contributed by atoms with Gasteiger partial charge in [0.25, 0.3) is 5.56 Å². The Hall–Kier alpha value is -1.88. The lowest BCUT2D eigenvalue weighted by atomic mass is 10.00. The Morgan fingerprint density at radius 1 is 1.40 bits per heavy atom. The Morgan fingerprint density at radius 3 is 2.60 bits per heavy atom. The number of aromatic nitrogens is 1. The average molecular weight is 298 g/mol. The topological polar surface area (TPSA) is 58.8 Å². The summed E-state index contributed by atoms with van der Waals surface area (Å²) in [5, 5.41) is 9.25. The van der Waals surface area contributed by atoms with Gasteiger partial charge in [0.2, 0.25) is 0 Å². The number of carbonyl (C=O) groups is 1. The predicted molar refractivity (Wildman–Crippen MR) is 74.5 cm³/mol. The van der Waals surface area contributed by atoms with Crippen LogP contribution in [0.3, 0.4) is 0 Å². The number of aromatic carboxylic acids is 1. The zero-order valence-corrected chi connectivity index (χ0v) is 11.5. The minimum atomic E-state index is -1.11. The summed E-state index contributed by atoms with van der Waals surface area (Å²) in [6.07, 6.45) is 2.93. The summed E-state index contributed by atoms with van der Waals surface area (Å²) in [4.78, 5) is 23.2. The summed E-state index contributed by atoms with van der Waals surface area (Å²) in [6.45, 7) is 1.69. The van der Waals surface area contributed by atoms with Crippen molar-refractivity contribution in [1.82, 2.24) is 4.40 Å². The highest BCUT2D eigenvalue weighted by Crippen LogP contribution is 2.44. The minimum absolute atomic E-state index is 0. The Kier molecular flexibility index (Phi) is 3.56. The molecule has 1 aliphatic carbocycles. The molecular weight excluding hydrogens is 285 g/mol. The summed E-state index contributed by atoms with van der Waals surface area (Å²) < 4.78 is 14.6. The predicted octanol–water partition coefficient (Wildman–Crippen LogP) is 2.74. The molecule has 3 rings (SSSR count). The molecule has 4 nitrogen and oxygen atoms in total. The van der Waals surface area contributed by atoms with Gasteiger partial charge in [-0.1, -0.05) is 0 Å². The van der Waals surface area contributed by atoms with Gasteiger partial charge in [0.05, 0.1) is 11.1 Å². The van der Waals surface area contributed by atoms with Crippen LogP contribution in [0.2, 0.25) is 0 Å². The third-order valence-corrected chi connectivity index (χ3v) is 3.49. The van der Waals surface area contributed by atoms with Crippen LogP contribution < -0.4 is 5.56 Å². The van der Waals surface area contributed by atoms with E-state index in [4.69, 9.17) is 0 Å². The second-order valence-corrected chi connectivity index (χ2v) is 4.95. The number of nitrogens with zero attached hydrogens (tertiary/aromatic N) is 1. The van der Waals surface area contributed by atoms with Crippen LogP contribution >= 0.6 is 12.4 Å². The molecule has 1 N–H and O–H groups in total. The Labute approximate surface area is 120 Å². The van der Waals surface area contributed by atoms with Gasteiger partial charge in [0.1, 0.15) is 5.82 Å². The Balaban J connectivity index is 0.00000147. The lowest BCUT2D eigenvalue weighted by Gasteiger charge is -2.12. The summed E-state index contributed by atoms with van der Waals surface area (Å²) in [7, 11) is 0. The maximum absolute atomic E-state index is 13.4. The number of carboxylic acid groups (broad SMARTS) is 1. The van der Waals surface area contributed by atoms with Gasteiger partial charge in [-0.2, -0.15) is 0 Å². The number of carboxylic acids is 1. The van der Waals surface area contributed by atoms with Crippen LogP contribution in [0.4, 0.5) is 4.39 Å². The normalized spacial score (nSPS) is 14.1. The third kappa shape index (κ3) is 2.18. The van der Waals surface area contributed by atoms with Crippen LogP contribution in [0.25, 0.3) is 5.52 Å². The quantitative estimate of drug-likeness (QED) is 0.927. The van der Waals surface area contributed by atoms with E-state index in [9.17, 15) is 19.1 Å². The van der Waals surface area contributed by atoms with E-state index in [0.717, 1.165) is 25.1 Å². The van der Waals surface area contributed by atoms with Crippen LogP contribution in [-0.4, -0.2) is 15.5 Å². The molecule has 2 heterocycles. The zero-order valence-electron chi connectivity index (χ0n) is 10.7. The van der Waals surface area contributed by atoms with Gasteiger partial charge >= 0.3 is 5.97 Å². The van der Waals surface area contributed by atoms with Crippen molar-refractivity contribution in [1.29, 1.82) is 0 Å². The summed E-state index contributed by atoms with van der Waals surface area (Å²) in [5.41, 5.74) is 1.31. The monoisotopic (exact) mass is 297 g/mol. The van der Waals surface area contributed by atoms with Crippen molar-refractivity contribution in [3.63, 3.8) is 0 Å². The number of hydrogen-bond donors (Lipinski definition) is 1. The maximum atomic E-state index is 13.4.